The van der Waals surface area contributed by atoms with Gasteiger partial charge in [-0.25, -0.2) is 0 Å². The molecular weight excluding hydrogens is 182 g/mol. The predicted octanol–water partition coefficient (Wildman–Crippen LogP) is 3.23. The molecule has 2 rings (SSSR count). The quantitative estimate of drug-likeness (QED) is 0.778. The van der Waals surface area contributed by atoms with E-state index in [4.69, 9.17) is 0 Å². The van der Waals surface area contributed by atoms with E-state index in [9.17, 15) is 0 Å². The van der Waals surface area contributed by atoms with E-state index < -0.39 is 0 Å². The lowest BCUT2D eigenvalue weighted by atomic mass is 9.88. The zero-order valence-corrected chi connectivity index (χ0v) is 10.0. The lowest BCUT2D eigenvalue weighted by Gasteiger charge is -2.28. The summed E-state index contributed by atoms with van der Waals surface area (Å²) < 4.78 is 0. The number of hydrogen-bond donors (Lipinski definition) is 1. The minimum atomic E-state index is 0.577. The molecule has 1 unspecified atom stereocenters. The van der Waals surface area contributed by atoms with Crippen molar-refractivity contribution in [2.45, 2.75) is 39.7 Å². The zero-order chi connectivity index (χ0) is 10.8. The van der Waals surface area contributed by atoms with Crippen molar-refractivity contribution in [2.24, 2.45) is 5.92 Å². The smallest absolute Gasteiger partial charge is 0.0325 e. The second-order valence-electron chi connectivity index (χ2n) is 5.09. The van der Waals surface area contributed by atoms with Crippen LogP contribution >= 0.6 is 0 Å². The van der Waals surface area contributed by atoms with Crippen LogP contribution in [0.2, 0.25) is 0 Å². The second-order valence-corrected chi connectivity index (χ2v) is 5.09. The summed E-state index contributed by atoms with van der Waals surface area (Å²) >= 11 is 0. The van der Waals surface area contributed by atoms with Crippen molar-refractivity contribution < 1.29 is 0 Å². The molecule has 1 nitrogen and oxygen atoms in total. The van der Waals surface area contributed by atoms with E-state index in [0.29, 0.717) is 6.04 Å². The largest absolute Gasteiger partial charge is 0.310 e. The minimum absolute atomic E-state index is 0.577. The first-order chi connectivity index (χ1) is 7.16. The van der Waals surface area contributed by atoms with Crippen LogP contribution in [0.5, 0.6) is 0 Å². The molecule has 0 radical (unpaired) electrons. The fraction of sp³-hybridized carbons (Fsp3) is 0.571. The van der Waals surface area contributed by atoms with Gasteiger partial charge in [0.15, 0.2) is 0 Å². The number of rotatable bonds is 2. The van der Waals surface area contributed by atoms with Crippen molar-refractivity contribution in [3.05, 3.63) is 34.9 Å². The molecule has 0 aliphatic carbocycles. The van der Waals surface area contributed by atoms with E-state index in [0.717, 1.165) is 12.5 Å². The number of benzene rings is 1. The Labute approximate surface area is 92.9 Å². The van der Waals surface area contributed by atoms with Crippen LogP contribution in [0, 0.1) is 12.8 Å². The van der Waals surface area contributed by atoms with Gasteiger partial charge in [-0.1, -0.05) is 37.6 Å². The first-order valence-electron chi connectivity index (χ1n) is 5.99. The molecule has 0 aromatic heterocycles. The summed E-state index contributed by atoms with van der Waals surface area (Å²) in [6, 6.07) is 7.47. The monoisotopic (exact) mass is 203 g/mol. The Morgan fingerprint density at radius 3 is 2.93 bits per heavy atom. The Bertz CT molecular complexity index is 341. The predicted molar refractivity (Wildman–Crippen MR) is 65.1 cm³/mol. The molecule has 1 N–H and O–H groups in total. The Morgan fingerprint density at radius 2 is 2.20 bits per heavy atom. The van der Waals surface area contributed by atoms with Gasteiger partial charge in [-0.05, 0) is 43.4 Å². The molecule has 1 aromatic rings. The van der Waals surface area contributed by atoms with Crippen molar-refractivity contribution in [3.8, 4) is 0 Å². The summed E-state index contributed by atoms with van der Waals surface area (Å²) in [7, 11) is 0. The van der Waals surface area contributed by atoms with Crippen molar-refractivity contribution in [3.63, 3.8) is 0 Å². The highest BCUT2D eigenvalue weighted by molar-refractivity contribution is 5.35. The molecule has 0 saturated carbocycles. The lowest BCUT2D eigenvalue weighted by molar-refractivity contribution is 0.414. The molecule has 1 heteroatoms. The minimum Gasteiger partial charge on any atom is -0.310 e. The molecule has 82 valence electrons. The molecule has 1 atom stereocenters. The van der Waals surface area contributed by atoms with Crippen molar-refractivity contribution in [1.82, 2.24) is 5.32 Å². The van der Waals surface area contributed by atoms with Gasteiger partial charge in [-0.2, -0.15) is 0 Å². The maximum Gasteiger partial charge on any atom is 0.0325 e. The van der Waals surface area contributed by atoms with Crippen LogP contribution in [0.1, 0.15) is 43.0 Å². The van der Waals surface area contributed by atoms with Crippen LogP contribution in [0.4, 0.5) is 0 Å². The van der Waals surface area contributed by atoms with Crippen LogP contribution in [-0.2, 0) is 6.42 Å². The van der Waals surface area contributed by atoms with E-state index in [1.165, 1.54) is 24.0 Å². The molecule has 1 aromatic carbocycles. The van der Waals surface area contributed by atoms with Crippen LogP contribution in [0.25, 0.3) is 0 Å². The van der Waals surface area contributed by atoms with Crippen LogP contribution < -0.4 is 5.32 Å². The average molecular weight is 203 g/mol. The van der Waals surface area contributed by atoms with Gasteiger partial charge >= 0.3 is 0 Å². The second kappa shape index (κ2) is 4.36. The molecule has 1 aliphatic heterocycles. The molecule has 1 aliphatic rings. The number of fused-ring (bicyclic) bond motifs is 1. The third-order valence-corrected chi connectivity index (χ3v) is 3.17. The number of aryl methyl sites for hydroxylation is 1. The third-order valence-electron chi connectivity index (χ3n) is 3.17. The van der Waals surface area contributed by atoms with Crippen LogP contribution in [0.15, 0.2) is 18.2 Å². The van der Waals surface area contributed by atoms with E-state index in [1.54, 1.807) is 5.56 Å². The first-order valence-corrected chi connectivity index (χ1v) is 5.99. The standard InChI is InChI=1S/C14H21N/c1-10(2)8-14-13-9-11(3)4-5-12(13)6-7-15-14/h4-5,9-10,14-15H,6-8H2,1-3H3. The fourth-order valence-electron chi connectivity index (χ4n) is 2.44. The van der Waals surface area contributed by atoms with Gasteiger partial charge in [0.2, 0.25) is 0 Å². The highest BCUT2D eigenvalue weighted by atomic mass is 14.9. The summed E-state index contributed by atoms with van der Waals surface area (Å²) in [6.45, 7) is 7.91. The number of nitrogens with one attached hydrogen (secondary N) is 1. The highest BCUT2D eigenvalue weighted by Crippen LogP contribution is 2.28. The van der Waals surface area contributed by atoms with Gasteiger partial charge in [0, 0.05) is 6.04 Å². The van der Waals surface area contributed by atoms with Gasteiger partial charge in [-0.3, -0.25) is 0 Å². The zero-order valence-electron chi connectivity index (χ0n) is 10.0. The molecule has 0 fully saturated rings. The molecule has 0 amide bonds. The summed E-state index contributed by atoms with van der Waals surface area (Å²) in [5.41, 5.74) is 4.46. The molecule has 15 heavy (non-hydrogen) atoms. The number of hydrogen-bond acceptors (Lipinski definition) is 1. The molecular formula is C14H21N. The highest BCUT2D eigenvalue weighted by Gasteiger charge is 2.20. The fourth-order valence-corrected chi connectivity index (χ4v) is 2.44. The van der Waals surface area contributed by atoms with Crippen molar-refractivity contribution >= 4 is 0 Å². The maximum atomic E-state index is 3.63. The van der Waals surface area contributed by atoms with Gasteiger partial charge in [0.1, 0.15) is 0 Å². The van der Waals surface area contributed by atoms with E-state index in [2.05, 4.69) is 44.3 Å². The van der Waals surface area contributed by atoms with Crippen LogP contribution in [-0.4, -0.2) is 6.54 Å². The lowest BCUT2D eigenvalue weighted by Crippen LogP contribution is -2.30. The van der Waals surface area contributed by atoms with Gasteiger partial charge in [0.25, 0.3) is 0 Å². The third kappa shape index (κ3) is 2.40. The van der Waals surface area contributed by atoms with Crippen molar-refractivity contribution in [2.75, 3.05) is 6.54 Å². The normalized spacial score (nSPS) is 20.4. The van der Waals surface area contributed by atoms with Gasteiger partial charge in [0.05, 0.1) is 0 Å². The van der Waals surface area contributed by atoms with Crippen LogP contribution in [0.3, 0.4) is 0 Å². The maximum absolute atomic E-state index is 3.63. The van der Waals surface area contributed by atoms with E-state index in [-0.39, 0.29) is 0 Å². The molecule has 0 bridgehead atoms. The summed E-state index contributed by atoms with van der Waals surface area (Å²) in [5.74, 6) is 0.758. The Morgan fingerprint density at radius 1 is 1.40 bits per heavy atom. The Balaban J connectivity index is 2.28. The van der Waals surface area contributed by atoms with Gasteiger partial charge < -0.3 is 5.32 Å². The van der Waals surface area contributed by atoms with E-state index in [1.807, 2.05) is 0 Å². The van der Waals surface area contributed by atoms with Crippen molar-refractivity contribution in [1.29, 1.82) is 0 Å². The molecule has 1 heterocycles. The Kier molecular flexibility index (Phi) is 3.11. The average Bonchev–Trinajstić information content (AvgIpc) is 2.18. The molecule has 0 spiro atoms. The van der Waals surface area contributed by atoms with E-state index >= 15 is 0 Å². The SMILES string of the molecule is Cc1ccc2c(c1)C(CC(C)C)NCC2. The topological polar surface area (TPSA) is 12.0 Å². The summed E-state index contributed by atoms with van der Waals surface area (Å²) in [5, 5.41) is 3.63. The van der Waals surface area contributed by atoms with Gasteiger partial charge in [-0.15, -0.1) is 0 Å². The Hall–Kier alpha value is -0.820. The summed E-state index contributed by atoms with van der Waals surface area (Å²) in [6.07, 6.45) is 2.43. The summed E-state index contributed by atoms with van der Waals surface area (Å²) in [4.78, 5) is 0. The first kappa shape index (κ1) is 10.7. The molecule has 0 saturated heterocycles.